The number of hydrogen-bond acceptors (Lipinski definition) is 9. The Bertz CT molecular complexity index is 2200. The highest BCUT2D eigenvalue weighted by molar-refractivity contribution is 9.10. The highest BCUT2D eigenvalue weighted by atomic mass is 79.9. The minimum atomic E-state index is -0.864. The van der Waals surface area contributed by atoms with Crippen LogP contribution < -0.4 is 19.6 Å². The van der Waals surface area contributed by atoms with Crippen LogP contribution in [0.2, 0.25) is 0 Å². The molecule has 3 aromatic carbocycles. The molecule has 2 aromatic heterocycles. The summed E-state index contributed by atoms with van der Waals surface area (Å²) in [5, 5.41) is 12.9. The highest BCUT2D eigenvalue weighted by Crippen LogP contribution is 2.40. The van der Waals surface area contributed by atoms with Crippen LogP contribution in [-0.2, 0) is 9.53 Å². The van der Waals surface area contributed by atoms with Gasteiger partial charge in [0.15, 0.2) is 4.80 Å². The fourth-order valence-corrected chi connectivity index (χ4v) is 6.91. The number of fused-ring (bicyclic) bond motifs is 2. The minimum absolute atomic E-state index is 0.0524. The Morgan fingerprint density at radius 1 is 1.18 bits per heavy atom. The third-order valence-corrected chi connectivity index (χ3v) is 8.91. The van der Waals surface area contributed by atoms with Gasteiger partial charge in [-0.15, -0.1) is 0 Å². The molecular weight excluding hydrogens is 650 g/mol. The summed E-state index contributed by atoms with van der Waals surface area (Å²) in [7, 11) is 1.55. The number of benzene rings is 3. The van der Waals surface area contributed by atoms with Crippen molar-refractivity contribution in [2.45, 2.75) is 19.9 Å². The average molecular weight is 675 g/mol. The number of nitro groups is 1. The van der Waals surface area contributed by atoms with Gasteiger partial charge >= 0.3 is 5.97 Å². The number of hydrogen-bond donors (Lipinski definition) is 0. The number of ether oxygens (including phenoxy) is 2. The van der Waals surface area contributed by atoms with E-state index in [0.29, 0.717) is 47.9 Å². The number of carbonyl (C=O) groups is 1. The first kappa shape index (κ1) is 29.3. The van der Waals surface area contributed by atoms with Gasteiger partial charge in [0, 0.05) is 33.8 Å². The number of nitro benzene ring substituents is 1. The van der Waals surface area contributed by atoms with Crippen LogP contribution in [0.1, 0.15) is 31.2 Å². The summed E-state index contributed by atoms with van der Waals surface area (Å²) in [5.41, 5.74) is 1.55. The zero-order valence-electron chi connectivity index (χ0n) is 23.7. The molecule has 0 saturated carbocycles. The smallest absolute Gasteiger partial charge is 0.338 e. The van der Waals surface area contributed by atoms with Gasteiger partial charge in [-0.25, -0.2) is 9.79 Å². The van der Waals surface area contributed by atoms with Crippen molar-refractivity contribution < 1.29 is 23.6 Å². The van der Waals surface area contributed by atoms with E-state index in [0.717, 1.165) is 10.8 Å². The van der Waals surface area contributed by atoms with Crippen molar-refractivity contribution in [3.05, 3.63) is 124 Å². The number of allylic oxidation sites excluding steroid dienone is 1. The molecule has 44 heavy (non-hydrogen) atoms. The van der Waals surface area contributed by atoms with Crippen molar-refractivity contribution in [2.24, 2.45) is 4.99 Å². The molecule has 1 unspecified atom stereocenters. The van der Waals surface area contributed by atoms with E-state index in [9.17, 15) is 19.7 Å². The third-order valence-electron chi connectivity index (χ3n) is 7.27. The number of carbonyl (C=O) groups excluding carboxylic acids is 1. The summed E-state index contributed by atoms with van der Waals surface area (Å²) in [5.74, 6) is 0.817. The number of furan rings is 1. The molecule has 222 valence electrons. The molecule has 0 amide bonds. The lowest BCUT2D eigenvalue weighted by Gasteiger charge is -2.27. The maximum atomic E-state index is 14.2. The summed E-state index contributed by atoms with van der Waals surface area (Å²) in [6.07, 6.45) is 1.62. The predicted octanol–water partition coefficient (Wildman–Crippen LogP) is 5.89. The van der Waals surface area contributed by atoms with E-state index in [-0.39, 0.29) is 23.4 Å². The summed E-state index contributed by atoms with van der Waals surface area (Å²) in [4.78, 5) is 43.3. The van der Waals surface area contributed by atoms with Gasteiger partial charge in [0.2, 0.25) is 0 Å². The number of rotatable bonds is 7. The Kier molecular flexibility index (Phi) is 7.78. The van der Waals surface area contributed by atoms with Crippen LogP contribution in [0.4, 0.5) is 5.69 Å². The summed E-state index contributed by atoms with van der Waals surface area (Å²) in [6.45, 7) is 3.61. The Morgan fingerprint density at radius 3 is 2.70 bits per heavy atom. The van der Waals surface area contributed by atoms with Gasteiger partial charge in [0.25, 0.3) is 11.2 Å². The molecule has 0 bridgehead atoms. The van der Waals surface area contributed by atoms with Gasteiger partial charge in [-0.05, 0) is 64.8 Å². The molecule has 6 rings (SSSR count). The topological polar surface area (TPSA) is 126 Å². The van der Waals surface area contributed by atoms with E-state index in [1.165, 1.54) is 28.0 Å². The Hall–Kier alpha value is -4.81. The van der Waals surface area contributed by atoms with E-state index in [2.05, 4.69) is 20.9 Å². The second-order valence-corrected chi connectivity index (χ2v) is 11.7. The Labute approximate surface area is 262 Å². The summed E-state index contributed by atoms with van der Waals surface area (Å²) < 4.78 is 19.6. The monoisotopic (exact) mass is 673 g/mol. The van der Waals surface area contributed by atoms with E-state index in [1.54, 1.807) is 45.2 Å². The molecule has 3 heterocycles. The van der Waals surface area contributed by atoms with Gasteiger partial charge < -0.3 is 13.9 Å². The Balaban J connectivity index is 1.53. The average Bonchev–Trinajstić information content (AvgIpc) is 3.59. The molecular formula is C32H24BrN3O7S. The van der Waals surface area contributed by atoms with Crippen molar-refractivity contribution in [1.82, 2.24) is 4.57 Å². The molecule has 0 fully saturated rings. The number of methoxy groups -OCH3 is 1. The molecule has 0 spiro atoms. The number of aromatic nitrogens is 1. The van der Waals surface area contributed by atoms with Crippen LogP contribution in [0, 0.1) is 10.1 Å². The van der Waals surface area contributed by atoms with Crippen LogP contribution in [0.25, 0.3) is 28.2 Å². The second-order valence-electron chi connectivity index (χ2n) is 9.83. The Morgan fingerprint density at radius 2 is 1.98 bits per heavy atom. The van der Waals surface area contributed by atoms with Gasteiger partial charge in [-0.1, -0.05) is 41.7 Å². The first-order chi connectivity index (χ1) is 21.2. The van der Waals surface area contributed by atoms with Crippen LogP contribution in [0.15, 0.2) is 96.7 Å². The van der Waals surface area contributed by atoms with Crippen molar-refractivity contribution in [1.29, 1.82) is 0 Å². The van der Waals surface area contributed by atoms with Crippen LogP contribution in [-0.4, -0.2) is 29.2 Å². The van der Waals surface area contributed by atoms with Crippen LogP contribution in [0.3, 0.4) is 0 Å². The van der Waals surface area contributed by atoms with Crippen molar-refractivity contribution in [3.8, 4) is 17.1 Å². The quantitative estimate of drug-likeness (QED) is 0.120. The summed E-state index contributed by atoms with van der Waals surface area (Å²) in [6, 6.07) is 18.4. The molecule has 0 radical (unpaired) electrons. The third kappa shape index (κ3) is 5.05. The molecule has 12 heteroatoms. The molecule has 1 atom stereocenters. The highest BCUT2D eigenvalue weighted by Gasteiger charge is 2.36. The molecule has 0 N–H and O–H groups in total. The van der Waals surface area contributed by atoms with E-state index in [4.69, 9.17) is 13.9 Å². The molecule has 5 aromatic rings. The SMILES string of the molecule is CCOC(=O)C1=C(C)N=c2s/c(=C\c3ccc(-c4ccc([N+](=O)[O-])cc4Br)o3)c(=O)n2C1c1c(OC)ccc2ccccc12. The van der Waals surface area contributed by atoms with Crippen molar-refractivity contribution >= 4 is 55.8 Å². The lowest BCUT2D eigenvalue weighted by molar-refractivity contribution is -0.384. The summed E-state index contributed by atoms with van der Waals surface area (Å²) >= 11 is 4.55. The number of non-ortho nitro benzene ring substituents is 1. The maximum Gasteiger partial charge on any atom is 0.338 e. The molecule has 10 nitrogen and oxygen atoms in total. The number of nitrogens with zero attached hydrogens (tertiary/aromatic N) is 3. The fourth-order valence-electron chi connectivity index (χ4n) is 5.32. The first-order valence-electron chi connectivity index (χ1n) is 13.5. The van der Waals surface area contributed by atoms with Crippen molar-refractivity contribution in [3.63, 3.8) is 0 Å². The fraction of sp³-hybridized carbons (Fsp3) is 0.156. The lowest BCUT2D eigenvalue weighted by Crippen LogP contribution is -2.40. The molecule has 1 aliphatic heterocycles. The van der Waals surface area contributed by atoms with Gasteiger partial charge in [0.1, 0.15) is 23.3 Å². The van der Waals surface area contributed by atoms with Crippen LogP contribution >= 0.6 is 27.3 Å². The van der Waals surface area contributed by atoms with Crippen molar-refractivity contribution in [2.75, 3.05) is 13.7 Å². The minimum Gasteiger partial charge on any atom is -0.496 e. The van der Waals surface area contributed by atoms with Crippen LogP contribution in [0.5, 0.6) is 5.75 Å². The zero-order valence-corrected chi connectivity index (χ0v) is 26.1. The molecule has 0 saturated heterocycles. The first-order valence-corrected chi connectivity index (χ1v) is 15.1. The molecule has 1 aliphatic rings. The standard InChI is InChI=1S/C32H24BrN3O7S/c1-4-42-31(38)27-17(2)34-32-35(29(27)28-21-8-6-5-7-18(21)9-13-25(28)41-3)30(37)26(44-32)16-20-11-14-24(43-20)22-12-10-19(36(39)40)15-23(22)33/h5-16,29H,4H2,1-3H3/b26-16-. The van der Waals surface area contributed by atoms with E-state index < -0.39 is 16.9 Å². The van der Waals surface area contributed by atoms with Gasteiger partial charge in [-0.3, -0.25) is 19.5 Å². The number of halogens is 1. The predicted molar refractivity (Wildman–Crippen MR) is 169 cm³/mol. The number of esters is 1. The normalized spacial score (nSPS) is 14.8. The second kappa shape index (κ2) is 11.7. The maximum absolute atomic E-state index is 14.2. The zero-order chi connectivity index (χ0) is 31.1. The molecule has 0 aliphatic carbocycles. The largest absolute Gasteiger partial charge is 0.496 e. The lowest BCUT2D eigenvalue weighted by atomic mass is 9.90. The van der Waals surface area contributed by atoms with E-state index >= 15 is 0 Å². The number of thiazole rings is 1. The van der Waals surface area contributed by atoms with Gasteiger partial charge in [-0.2, -0.15) is 0 Å². The van der Waals surface area contributed by atoms with E-state index in [1.807, 2.05) is 36.4 Å². The van der Waals surface area contributed by atoms with Gasteiger partial charge in [0.05, 0.1) is 34.4 Å².